The molecule has 0 bridgehead atoms. The number of amides is 2. The number of hydrogen-bond acceptors (Lipinski definition) is 3. The molecule has 142 valence electrons. The Morgan fingerprint density at radius 1 is 1.20 bits per heavy atom. The Kier molecular flexibility index (Phi) is 8.92. The van der Waals surface area contributed by atoms with Gasteiger partial charge in [0.2, 0.25) is 10.0 Å². The largest absolute Gasteiger partial charge is 0.338 e. The standard InChI is InChI=1S/C18H31N3O3S/c1-5-25(23,24)21(4)13-9-12-19-18(22)20-17(14-15(2)3)16-10-7-6-8-11-16/h6-8,10-11,15,17H,5,9,12-14H2,1-4H3,(H2,19,20,22). The predicted molar refractivity (Wildman–Crippen MR) is 102 cm³/mol. The molecule has 6 nitrogen and oxygen atoms in total. The van der Waals surface area contributed by atoms with E-state index in [4.69, 9.17) is 0 Å². The first-order chi connectivity index (χ1) is 11.8. The number of urea groups is 1. The number of benzene rings is 1. The second-order valence-electron chi connectivity index (χ2n) is 6.57. The number of sulfonamides is 1. The van der Waals surface area contributed by atoms with Crippen LogP contribution in [0.5, 0.6) is 0 Å². The van der Waals surface area contributed by atoms with Gasteiger partial charge in [0.25, 0.3) is 0 Å². The molecule has 0 aliphatic heterocycles. The van der Waals surface area contributed by atoms with E-state index in [9.17, 15) is 13.2 Å². The van der Waals surface area contributed by atoms with Gasteiger partial charge in [-0.3, -0.25) is 0 Å². The number of carbonyl (C=O) groups excluding carboxylic acids is 1. The average Bonchev–Trinajstić information content (AvgIpc) is 2.58. The van der Waals surface area contributed by atoms with Gasteiger partial charge >= 0.3 is 6.03 Å². The van der Waals surface area contributed by atoms with E-state index in [0.29, 0.717) is 25.4 Å². The summed E-state index contributed by atoms with van der Waals surface area (Å²) in [5, 5.41) is 5.82. The van der Waals surface area contributed by atoms with Gasteiger partial charge < -0.3 is 10.6 Å². The molecule has 1 aromatic carbocycles. The van der Waals surface area contributed by atoms with Crippen LogP contribution in [-0.4, -0.2) is 44.6 Å². The van der Waals surface area contributed by atoms with E-state index in [1.807, 2.05) is 30.3 Å². The third-order valence-corrected chi connectivity index (χ3v) is 5.85. The van der Waals surface area contributed by atoms with Crippen molar-refractivity contribution in [3.63, 3.8) is 0 Å². The zero-order valence-electron chi connectivity index (χ0n) is 15.7. The topological polar surface area (TPSA) is 78.5 Å². The molecular formula is C18H31N3O3S. The highest BCUT2D eigenvalue weighted by atomic mass is 32.2. The van der Waals surface area contributed by atoms with Crippen LogP contribution in [0.4, 0.5) is 4.79 Å². The minimum atomic E-state index is -3.16. The molecule has 7 heteroatoms. The Balaban J connectivity index is 2.45. The Labute approximate surface area is 152 Å². The van der Waals surface area contributed by atoms with Crippen LogP contribution in [0.1, 0.15) is 45.2 Å². The number of rotatable bonds is 10. The monoisotopic (exact) mass is 369 g/mol. The van der Waals surface area contributed by atoms with Crippen LogP contribution in [-0.2, 0) is 10.0 Å². The highest BCUT2D eigenvalue weighted by Crippen LogP contribution is 2.20. The normalized spacial score (nSPS) is 13.0. The molecule has 25 heavy (non-hydrogen) atoms. The predicted octanol–water partition coefficient (Wildman–Crippen LogP) is 2.74. The summed E-state index contributed by atoms with van der Waals surface area (Å²) in [5.74, 6) is 0.546. The van der Waals surface area contributed by atoms with Crippen molar-refractivity contribution in [2.45, 2.75) is 39.7 Å². The molecule has 0 aromatic heterocycles. The number of carbonyl (C=O) groups is 1. The molecule has 2 N–H and O–H groups in total. The number of nitrogens with zero attached hydrogens (tertiary/aromatic N) is 1. The minimum Gasteiger partial charge on any atom is -0.338 e. The van der Waals surface area contributed by atoms with Gasteiger partial charge in [0, 0.05) is 20.1 Å². The summed E-state index contributed by atoms with van der Waals surface area (Å²) in [6, 6.07) is 9.64. The SMILES string of the molecule is CCS(=O)(=O)N(C)CCCNC(=O)NC(CC(C)C)c1ccccc1. The summed E-state index contributed by atoms with van der Waals surface area (Å²) in [6.07, 6.45) is 1.43. The first-order valence-electron chi connectivity index (χ1n) is 8.79. The maximum Gasteiger partial charge on any atom is 0.315 e. The molecule has 2 amide bonds. The van der Waals surface area contributed by atoms with E-state index < -0.39 is 10.0 Å². The van der Waals surface area contributed by atoms with Gasteiger partial charge in [-0.2, -0.15) is 0 Å². The van der Waals surface area contributed by atoms with Crippen molar-refractivity contribution in [1.29, 1.82) is 0 Å². The average molecular weight is 370 g/mol. The lowest BCUT2D eigenvalue weighted by molar-refractivity contribution is 0.234. The summed E-state index contributed by atoms with van der Waals surface area (Å²) in [6.45, 7) is 6.69. The first-order valence-corrected chi connectivity index (χ1v) is 10.4. The Hall–Kier alpha value is -1.60. The summed E-state index contributed by atoms with van der Waals surface area (Å²) >= 11 is 0. The molecule has 1 rings (SSSR count). The van der Waals surface area contributed by atoms with E-state index in [0.717, 1.165) is 12.0 Å². The summed E-state index contributed by atoms with van der Waals surface area (Å²) in [4.78, 5) is 12.2. The number of nitrogens with one attached hydrogen (secondary N) is 2. The Bertz CT molecular complexity index is 618. The van der Waals surface area contributed by atoms with Gasteiger partial charge in [-0.25, -0.2) is 17.5 Å². The van der Waals surface area contributed by atoms with Crippen molar-refractivity contribution in [1.82, 2.24) is 14.9 Å². The maximum absolute atomic E-state index is 12.2. The van der Waals surface area contributed by atoms with Gasteiger partial charge in [-0.1, -0.05) is 44.2 Å². The van der Waals surface area contributed by atoms with Crippen molar-refractivity contribution < 1.29 is 13.2 Å². The molecule has 0 saturated heterocycles. The van der Waals surface area contributed by atoms with E-state index >= 15 is 0 Å². The molecule has 0 fully saturated rings. The van der Waals surface area contributed by atoms with Gasteiger partial charge in [0.15, 0.2) is 0 Å². The van der Waals surface area contributed by atoms with E-state index in [1.54, 1.807) is 14.0 Å². The van der Waals surface area contributed by atoms with Crippen LogP contribution in [0.15, 0.2) is 30.3 Å². The fraction of sp³-hybridized carbons (Fsp3) is 0.611. The summed E-state index contributed by atoms with van der Waals surface area (Å²) in [5.41, 5.74) is 1.08. The fourth-order valence-electron chi connectivity index (χ4n) is 2.51. The molecule has 0 saturated carbocycles. The van der Waals surface area contributed by atoms with E-state index in [1.165, 1.54) is 4.31 Å². The highest BCUT2D eigenvalue weighted by Gasteiger charge is 2.16. The quantitative estimate of drug-likeness (QED) is 0.623. The van der Waals surface area contributed by atoms with Crippen LogP contribution >= 0.6 is 0 Å². The second-order valence-corrected chi connectivity index (χ2v) is 8.93. The summed E-state index contributed by atoms with van der Waals surface area (Å²) < 4.78 is 24.6. The van der Waals surface area contributed by atoms with Crippen molar-refractivity contribution in [3.8, 4) is 0 Å². The zero-order valence-corrected chi connectivity index (χ0v) is 16.5. The zero-order chi connectivity index (χ0) is 18.9. The van der Waals surface area contributed by atoms with Crippen molar-refractivity contribution in [2.75, 3.05) is 25.9 Å². The highest BCUT2D eigenvalue weighted by molar-refractivity contribution is 7.89. The smallest absolute Gasteiger partial charge is 0.315 e. The third kappa shape index (κ3) is 7.88. The van der Waals surface area contributed by atoms with Crippen LogP contribution in [0.25, 0.3) is 0 Å². The van der Waals surface area contributed by atoms with Crippen molar-refractivity contribution in [3.05, 3.63) is 35.9 Å². The number of hydrogen-bond donors (Lipinski definition) is 2. The third-order valence-electron chi connectivity index (χ3n) is 3.99. The lowest BCUT2D eigenvalue weighted by Crippen LogP contribution is -2.40. The molecule has 0 aliphatic carbocycles. The van der Waals surface area contributed by atoms with Gasteiger partial charge in [-0.05, 0) is 31.2 Å². The van der Waals surface area contributed by atoms with E-state index in [-0.39, 0.29) is 17.8 Å². The minimum absolute atomic E-state index is 0.0376. The molecule has 1 unspecified atom stereocenters. The van der Waals surface area contributed by atoms with Crippen LogP contribution < -0.4 is 10.6 Å². The van der Waals surface area contributed by atoms with Crippen LogP contribution in [0.2, 0.25) is 0 Å². The molecule has 1 aromatic rings. The Morgan fingerprint density at radius 3 is 2.40 bits per heavy atom. The Morgan fingerprint density at radius 2 is 1.84 bits per heavy atom. The van der Waals surface area contributed by atoms with E-state index in [2.05, 4.69) is 24.5 Å². The molecule has 0 aliphatic rings. The molecule has 0 spiro atoms. The first kappa shape index (κ1) is 21.4. The molecule has 0 heterocycles. The van der Waals surface area contributed by atoms with Crippen molar-refractivity contribution in [2.24, 2.45) is 5.92 Å². The lowest BCUT2D eigenvalue weighted by Gasteiger charge is -2.21. The van der Waals surface area contributed by atoms with Gasteiger partial charge in [0.1, 0.15) is 0 Å². The lowest BCUT2D eigenvalue weighted by atomic mass is 9.97. The maximum atomic E-state index is 12.2. The molecule has 1 atom stereocenters. The molecular weight excluding hydrogens is 338 g/mol. The van der Waals surface area contributed by atoms with Gasteiger partial charge in [-0.15, -0.1) is 0 Å². The van der Waals surface area contributed by atoms with Crippen LogP contribution in [0, 0.1) is 5.92 Å². The fourth-order valence-corrected chi connectivity index (χ4v) is 3.36. The molecule has 0 radical (unpaired) electrons. The van der Waals surface area contributed by atoms with Crippen LogP contribution in [0.3, 0.4) is 0 Å². The second kappa shape index (κ2) is 10.4. The van der Waals surface area contributed by atoms with Gasteiger partial charge in [0.05, 0.1) is 11.8 Å². The van der Waals surface area contributed by atoms with Crippen molar-refractivity contribution >= 4 is 16.1 Å². The summed E-state index contributed by atoms with van der Waals surface area (Å²) in [7, 11) is -1.60.